The van der Waals surface area contributed by atoms with E-state index in [0.717, 1.165) is 28.6 Å². The van der Waals surface area contributed by atoms with E-state index in [4.69, 9.17) is 14.2 Å². The van der Waals surface area contributed by atoms with Crippen LogP contribution in [0.3, 0.4) is 0 Å². The fourth-order valence-electron chi connectivity index (χ4n) is 2.57. The van der Waals surface area contributed by atoms with Crippen LogP contribution in [0.15, 0.2) is 54.9 Å². The number of anilines is 4. The normalized spacial score (nSPS) is 11.9. The molecule has 132 valence electrons. The van der Waals surface area contributed by atoms with E-state index in [0.29, 0.717) is 18.2 Å². The number of ether oxygens (including phenoxy) is 3. The van der Waals surface area contributed by atoms with E-state index in [-0.39, 0.29) is 6.79 Å². The quantitative estimate of drug-likeness (QED) is 0.693. The summed E-state index contributed by atoms with van der Waals surface area (Å²) in [5.41, 5.74) is 1.78. The molecule has 0 saturated heterocycles. The van der Waals surface area contributed by atoms with Gasteiger partial charge < -0.3 is 24.8 Å². The van der Waals surface area contributed by atoms with Gasteiger partial charge in [0.1, 0.15) is 23.7 Å². The highest BCUT2D eigenvalue weighted by Gasteiger charge is 2.13. The SMILES string of the molecule is CCOc1ccc(Nc2cc(Nc3ccc4c(c3)OCO4)ncn2)cc1. The zero-order valence-corrected chi connectivity index (χ0v) is 14.2. The van der Waals surface area contributed by atoms with Crippen molar-refractivity contribution in [2.45, 2.75) is 6.92 Å². The van der Waals surface area contributed by atoms with Gasteiger partial charge in [-0.05, 0) is 43.3 Å². The molecule has 1 aromatic heterocycles. The van der Waals surface area contributed by atoms with Crippen molar-refractivity contribution in [2.75, 3.05) is 24.0 Å². The maximum absolute atomic E-state index is 5.45. The van der Waals surface area contributed by atoms with Gasteiger partial charge in [0.15, 0.2) is 11.5 Å². The van der Waals surface area contributed by atoms with E-state index in [1.807, 2.05) is 55.5 Å². The Bertz CT molecular complexity index is 900. The van der Waals surface area contributed by atoms with Crippen molar-refractivity contribution in [3.63, 3.8) is 0 Å². The van der Waals surface area contributed by atoms with E-state index in [1.165, 1.54) is 6.33 Å². The summed E-state index contributed by atoms with van der Waals surface area (Å²) in [6, 6.07) is 15.2. The molecule has 2 heterocycles. The lowest BCUT2D eigenvalue weighted by atomic mass is 10.2. The Morgan fingerprint density at radius 1 is 0.885 bits per heavy atom. The molecule has 0 radical (unpaired) electrons. The minimum Gasteiger partial charge on any atom is -0.494 e. The van der Waals surface area contributed by atoms with Gasteiger partial charge >= 0.3 is 0 Å². The number of nitrogens with zero attached hydrogens (tertiary/aromatic N) is 2. The predicted octanol–water partition coefficient (Wildman–Crippen LogP) is 4.09. The molecule has 0 spiro atoms. The van der Waals surface area contributed by atoms with Crippen molar-refractivity contribution in [2.24, 2.45) is 0 Å². The molecular formula is C19H18N4O3. The molecule has 0 bridgehead atoms. The lowest BCUT2D eigenvalue weighted by Crippen LogP contribution is -1.98. The van der Waals surface area contributed by atoms with Crippen LogP contribution in [0.25, 0.3) is 0 Å². The molecule has 7 nitrogen and oxygen atoms in total. The second-order valence-electron chi connectivity index (χ2n) is 5.56. The Morgan fingerprint density at radius 2 is 1.58 bits per heavy atom. The summed E-state index contributed by atoms with van der Waals surface area (Å²) < 4.78 is 16.2. The largest absolute Gasteiger partial charge is 0.494 e. The Labute approximate surface area is 151 Å². The van der Waals surface area contributed by atoms with Crippen LogP contribution < -0.4 is 24.8 Å². The first-order valence-electron chi connectivity index (χ1n) is 8.29. The number of rotatable bonds is 6. The molecule has 7 heteroatoms. The monoisotopic (exact) mass is 350 g/mol. The maximum Gasteiger partial charge on any atom is 0.231 e. The topological polar surface area (TPSA) is 77.5 Å². The summed E-state index contributed by atoms with van der Waals surface area (Å²) in [7, 11) is 0. The summed E-state index contributed by atoms with van der Waals surface area (Å²) in [4.78, 5) is 8.51. The third-order valence-electron chi connectivity index (χ3n) is 3.75. The van der Waals surface area contributed by atoms with Gasteiger partial charge in [0, 0.05) is 23.5 Å². The zero-order chi connectivity index (χ0) is 17.8. The van der Waals surface area contributed by atoms with Crippen LogP contribution in [0.4, 0.5) is 23.0 Å². The van der Waals surface area contributed by atoms with Crippen LogP contribution in [0.5, 0.6) is 17.2 Å². The molecule has 0 amide bonds. The van der Waals surface area contributed by atoms with Gasteiger partial charge in [-0.15, -0.1) is 0 Å². The third kappa shape index (κ3) is 3.61. The van der Waals surface area contributed by atoms with Gasteiger partial charge in [0.05, 0.1) is 6.61 Å². The fourth-order valence-corrected chi connectivity index (χ4v) is 2.57. The number of hydrogen-bond acceptors (Lipinski definition) is 7. The second-order valence-corrected chi connectivity index (χ2v) is 5.56. The molecular weight excluding hydrogens is 332 g/mol. The molecule has 2 aromatic carbocycles. The van der Waals surface area contributed by atoms with E-state index in [2.05, 4.69) is 20.6 Å². The highest BCUT2D eigenvalue weighted by molar-refractivity contribution is 5.65. The van der Waals surface area contributed by atoms with Crippen molar-refractivity contribution in [1.82, 2.24) is 9.97 Å². The smallest absolute Gasteiger partial charge is 0.231 e. The second kappa shape index (κ2) is 7.18. The molecule has 0 fully saturated rings. The average Bonchev–Trinajstić information content (AvgIpc) is 3.12. The summed E-state index contributed by atoms with van der Waals surface area (Å²) in [5, 5.41) is 6.49. The molecule has 2 N–H and O–H groups in total. The van der Waals surface area contributed by atoms with Gasteiger partial charge in [0.2, 0.25) is 6.79 Å². The first-order chi connectivity index (χ1) is 12.8. The van der Waals surface area contributed by atoms with Crippen molar-refractivity contribution in [1.29, 1.82) is 0 Å². The van der Waals surface area contributed by atoms with E-state index in [1.54, 1.807) is 0 Å². The maximum atomic E-state index is 5.45. The van der Waals surface area contributed by atoms with Crippen LogP contribution in [-0.2, 0) is 0 Å². The first kappa shape index (κ1) is 16.0. The Hall–Kier alpha value is -3.48. The van der Waals surface area contributed by atoms with Crippen LogP contribution >= 0.6 is 0 Å². The number of fused-ring (bicyclic) bond motifs is 1. The molecule has 0 unspecified atom stereocenters. The molecule has 26 heavy (non-hydrogen) atoms. The van der Waals surface area contributed by atoms with Gasteiger partial charge in [-0.25, -0.2) is 9.97 Å². The van der Waals surface area contributed by atoms with Crippen LogP contribution in [0.1, 0.15) is 6.92 Å². The third-order valence-corrected chi connectivity index (χ3v) is 3.75. The van der Waals surface area contributed by atoms with Gasteiger partial charge in [-0.3, -0.25) is 0 Å². The zero-order valence-electron chi connectivity index (χ0n) is 14.2. The Balaban J connectivity index is 1.46. The standard InChI is InChI=1S/C19H18N4O3/c1-2-24-15-6-3-13(4-7-15)22-18-10-19(21-11-20-18)23-14-5-8-16-17(9-14)26-12-25-16/h3-11H,2,12H2,1H3,(H2,20,21,22,23). The van der Waals surface area contributed by atoms with Crippen molar-refractivity contribution < 1.29 is 14.2 Å². The summed E-state index contributed by atoms with van der Waals surface area (Å²) in [5.74, 6) is 3.67. The first-order valence-corrected chi connectivity index (χ1v) is 8.29. The van der Waals surface area contributed by atoms with E-state index in [9.17, 15) is 0 Å². The van der Waals surface area contributed by atoms with Crippen LogP contribution in [-0.4, -0.2) is 23.4 Å². The molecule has 0 aliphatic carbocycles. The number of nitrogens with one attached hydrogen (secondary N) is 2. The summed E-state index contributed by atoms with van der Waals surface area (Å²) in [6.07, 6.45) is 1.51. The van der Waals surface area contributed by atoms with Crippen molar-refractivity contribution >= 4 is 23.0 Å². The lowest BCUT2D eigenvalue weighted by molar-refractivity contribution is 0.174. The Kier molecular flexibility index (Phi) is 4.42. The number of benzene rings is 2. The predicted molar refractivity (Wildman–Crippen MR) is 98.8 cm³/mol. The lowest BCUT2D eigenvalue weighted by Gasteiger charge is -2.10. The average molecular weight is 350 g/mol. The molecule has 0 saturated carbocycles. The van der Waals surface area contributed by atoms with E-state index < -0.39 is 0 Å². The minimum atomic E-state index is 0.252. The van der Waals surface area contributed by atoms with E-state index >= 15 is 0 Å². The summed E-state index contributed by atoms with van der Waals surface area (Å²) >= 11 is 0. The molecule has 1 aliphatic rings. The highest BCUT2D eigenvalue weighted by Crippen LogP contribution is 2.35. The number of hydrogen-bond donors (Lipinski definition) is 2. The molecule has 1 aliphatic heterocycles. The molecule has 3 aromatic rings. The van der Waals surface area contributed by atoms with Crippen molar-refractivity contribution in [3.8, 4) is 17.2 Å². The fraction of sp³-hybridized carbons (Fsp3) is 0.158. The van der Waals surface area contributed by atoms with Gasteiger partial charge in [0.25, 0.3) is 0 Å². The minimum absolute atomic E-state index is 0.252. The van der Waals surface area contributed by atoms with Gasteiger partial charge in [-0.1, -0.05) is 0 Å². The molecule has 4 rings (SSSR count). The van der Waals surface area contributed by atoms with Crippen LogP contribution in [0.2, 0.25) is 0 Å². The molecule has 0 atom stereocenters. The number of aromatic nitrogens is 2. The van der Waals surface area contributed by atoms with Crippen molar-refractivity contribution in [3.05, 3.63) is 54.9 Å². The summed E-state index contributed by atoms with van der Waals surface area (Å²) in [6.45, 7) is 2.86. The Morgan fingerprint density at radius 3 is 2.35 bits per heavy atom. The highest BCUT2D eigenvalue weighted by atomic mass is 16.7. The van der Waals surface area contributed by atoms with Gasteiger partial charge in [-0.2, -0.15) is 0 Å². The van der Waals surface area contributed by atoms with Crippen LogP contribution in [0, 0.1) is 0 Å².